The molecule has 0 atom stereocenters. The Morgan fingerprint density at radius 3 is 2.16 bits per heavy atom. The van der Waals surface area contributed by atoms with Crippen molar-refractivity contribution in [1.29, 1.82) is 0 Å². The van der Waals surface area contributed by atoms with Gasteiger partial charge in [-0.2, -0.15) is 13.2 Å². The number of carbonyl (C=O) groups excluding carboxylic acids is 1. The molecule has 1 aromatic heterocycles. The second-order valence-electron chi connectivity index (χ2n) is 7.18. The SMILES string of the molecule is COC1(OC)CC(C(=O)OC(C)(C)C)(c2cc(C(F)(F)F)ccn2)C1. The van der Waals surface area contributed by atoms with Gasteiger partial charge in [-0.15, -0.1) is 0 Å². The third-order valence-electron chi connectivity index (χ3n) is 4.25. The predicted molar refractivity (Wildman–Crippen MR) is 82.7 cm³/mol. The monoisotopic (exact) mass is 361 g/mol. The van der Waals surface area contributed by atoms with Crippen molar-refractivity contribution >= 4 is 5.97 Å². The molecule has 5 nitrogen and oxygen atoms in total. The summed E-state index contributed by atoms with van der Waals surface area (Å²) in [6.07, 6.45) is -3.44. The quantitative estimate of drug-likeness (QED) is 0.607. The lowest BCUT2D eigenvalue weighted by Gasteiger charge is -2.52. The number of nitrogens with zero attached hydrogens (tertiary/aromatic N) is 1. The number of ether oxygens (including phenoxy) is 3. The maximum absolute atomic E-state index is 13.0. The van der Waals surface area contributed by atoms with Gasteiger partial charge in [-0.1, -0.05) is 0 Å². The van der Waals surface area contributed by atoms with Crippen molar-refractivity contribution in [2.45, 2.75) is 56.6 Å². The smallest absolute Gasteiger partial charge is 0.416 e. The van der Waals surface area contributed by atoms with Gasteiger partial charge in [0.15, 0.2) is 5.79 Å². The zero-order chi connectivity index (χ0) is 19.1. The van der Waals surface area contributed by atoms with Gasteiger partial charge in [0.05, 0.1) is 11.3 Å². The van der Waals surface area contributed by atoms with E-state index in [2.05, 4.69) is 4.98 Å². The zero-order valence-corrected chi connectivity index (χ0v) is 14.9. The molecule has 0 aromatic carbocycles. The molecular formula is C17H22F3NO4. The predicted octanol–water partition coefficient (Wildman–Crippen LogP) is 3.46. The molecule has 1 fully saturated rings. The zero-order valence-electron chi connectivity index (χ0n) is 14.9. The third-order valence-corrected chi connectivity index (χ3v) is 4.25. The van der Waals surface area contributed by atoms with Gasteiger partial charge in [-0.05, 0) is 32.9 Å². The maximum atomic E-state index is 13.0. The van der Waals surface area contributed by atoms with Gasteiger partial charge in [-0.25, -0.2) is 0 Å². The molecule has 0 radical (unpaired) electrons. The topological polar surface area (TPSA) is 57.7 Å². The Balaban J connectivity index is 2.46. The maximum Gasteiger partial charge on any atom is 0.416 e. The molecule has 8 heteroatoms. The summed E-state index contributed by atoms with van der Waals surface area (Å²) < 4.78 is 55.2. The normalized spacial score (nSPS) is 19.2. The summed E-state index contributed by atoms with van der Waals surface area (Å²) in [5.41, 5.74) is -3.00. The molecule has 0 bridgehead atoms. The first-order valence-electron chi connectivity index (χ1n) is 7.75. The van der Waals surface area contributed by atoms with Crippen LogP contribution in [0.3, 0.4) is 0 Å². The van der Waals surface area contributed by atoms with E-state index in [1.807, 2.05) is 0 Å². The molecule has 0 amide bonds. The molecule has 1 heterocycles. The van der Waals surface area contributed by atoms with Crippen molar-refractivity contribution in [3.05, 3.63) is 29.6 Å². The number of hydrogen-bond acceptors (Lipinski definition) is 5. The Bertz CT molecular complexity index is 640. The van der Waals surface area contributed by atoms with Gasteiger partial charge >= 0.3 is 12.1 Å². The summed E-state index contributed by atoms with van der Waals surface area (Å²) in [7, 11) is 2.84. The number of methoxy groups -OCH3 is 2. The van der Waals surface area contributed by atoms with E-state index >= 15 is 0 Å². The second kappa shape index (κ2) is 6.25. The molecule has 0 spiro atoms. The van der Waals surface area contributed by atoms with Crippen molar-refractivity contribution < 1.29 is 32.2 Å². The fraction of sp³-hybridized carbons (Fsp3) is 0.647. The Morgan fingerprint density at radius 1 is 1.16 bits per heavy atom. The first-order valence-corrected chi connectivity index (χ1v) is 7.75. The van der Waals surface area contributed by atoms with E-state index in [-0.39, 0.29) is 18.5 Å². The van der Waals surface area contributed by atoms with Crippen LogP contribution in [0.25, 0.3) is 0 Å². The number of rotatable bonds is 4. The third kappa shape index (κ3) is 3.79. The van der Waals surface area contributed by atoms with E-state index in [0.29, 0.717) is 0 Å². The highest BCUT2D eigenvalue weighted by Gasteiger charge is 2.63. The molecule has 140 valence electrons. The minimum absolute atomic E-state index is 0.00120. The number of alkyl halides is 3. The number of hydrogen-bond donors (Lipinski definition) is 0. The van der Waals surface area contributed by atoms with Crippen molar-refractivity contribution in [3.8, 4) is 0 Å². The van der Waals surface area contributed by atoms with Crippen LogP contribution in [0.2, 0.25) is 0 Å². The summed E-state index contributed by atoms with van der Waals surface area (Å²) in [5.74, 6) is -1.69. The first-order chi connectivity index (χ1) is 11.4. The Hall–Kier alpha value is -1.67. The fourth-order valence-corrected chi connectivity index (χ4v) is 2.91. The van der Waals surface area contributed by atoms with Gasteiger partial charge in [0.2, 0.25) is 0 Å². The van der Waals surface area contributed by atoms with E-state index in [1.54, 1.807) is 20.8 Å². The highest BCUT2D eigenvalue weighted by atomic mass is 19.4. The summed E-state index contributed by atoms with van der Waals surface area (Å²) in [6, 6.07) is 1.75. The number of halogens is 3. The first kappa shape index (κ1) is 19.7. The molecule has 0 unspecified atom stereocenters. The number of aromatic nitrogens is 1. The van der Waals surface area contributed by atoms with Gasteiger partial charge < -0.3 is 14.2 Å². The molecule has 1 aliphatic carbocycles. The fourth-order valence-electron chi connectivity index (χ4n) is 2.91. The van der Waals surface area contributed by atoms with Crippen LogP contribution in [-0.4, -0.2) is 36.6 Å². The van der Waals surface area contributed by atoms with Crippen molar-refractivity contribution in [2.24, 2.45) is 0 Å². The van der Waals surface area contributed by atoms with E-state index < -0.39 is 34.5 Å². The van der Waals surface area contributed by atoms with Crippen molar-refractivity contribution in [1.82, 2.24) is 4.98 Å². The Morgan fingerprint density at radius 2 is 1.72 bits per heavy atom. The van der Waals surface area contributed by atoms with Gasteiger partial charge in [0.25, 0.3) is 0 Å². The van der Waals surface area contributed by atoms with E-state index in [9.17, 15) is 18.0 Å². The summed E-state index contributed by atoms with van der Waals surface area (Å²) in [5, 5.41) is 0. The molecule has 25 heavy (non-hydrogen) atoms. The molecule has 1 aliphatic rings. The van der Waals surface area contributed by atoms with E-state index in [0.717, 1.165) is 18.3 Å². The average molecular weight is 361 g/mol. The van der Waals surface area contributed by atoms with Crippen LogP contribution in [-0.2, 0) is 30.6 Å². The molecule has 0 aliphatic heterocycles. The van der Waals surface area contributed by atoms with Gasteiger partial charge in [0.1, 0.15) is 11.0 Å². The summed E-state index contributed by atoms with van der Waals surface area (Å²) in [6.45, 7) is 5.07. The lowest BCUT2D eigenvalue weighted by atomic mass is 9.61. The summed E-state index contributed by atoms with van der Waals surface area (Å²) >= 11 is 0. The van der Waals surface area contributed by atoms with Crippen LogP contribution >= 0.6 is 0 Å². The van der Waals surface area contributed by atoms with Crippen LogP contribution in [0.4, 0.5) is 13.2 Å². The number of pyridine rings is 1. The van der Waals surface area contributed by atoms with Crippen molar-refractivity contribution in [3.63, 3.8) is 0 Å². The van der Waals surface area contributed by atoms with Crippen LogP contribution in [0, 0.1) is 0 Å². The minimum atomic E-state index is -4.53. The molecule has 1 saturated carbocycles. The van der Waals surface area contributed by atoms with Gasteiger partial charge in [-0.3, -0.25) is 9.78 Å². The van der Waals surface area contributed by atoms with Crippen LogP contribution < -0.4 is 0 Å². The molecule has 1 aromatic rings. The molecule has 0 saturated heterocycles. The molecule has 2 rings (SSSR count). The number of esters is 1. The molecule has 0 N–H and O–H groups in total. The number of carbonyl (C=O) groups is 1. The second-order valence-corrected chi connectivity index (χ2v) is 7.18. The van der Waals surface area contributed by atoms with E-state index in [1.165, 1.54) is 14.2 Å². The Labute approximate surface area is 144 Å². The lowest BCUT2D eigenvalue weighted by molar-refractivity contribution is -0.281. The highest BCUT2D eigenvalue weighted by molar-refractivity contribution is 5.85. The summed E-state index contributed by atoms with van der Waals surface area (Å²) in [4.78, 5) is 16.8. The van der Waals surface area contributed by atoms with Crippen molar-refractivity contribution in [2.75, 3.05) is 14.2 Å². The van der Waals surface area contributed by atoms with Crippen LogP contribution in [0.5, 0.6) is 0 Å². The Kier molecular flexibility index (Phi) is 4.91. The molecular weight excluding hydrogens is 339 g/mol. The highest BCUT2D eigenvalue weighted by Crippen LogP contribution is 2.53. The van der Waals surface area contributed by atoms with Crippen LogP contribution in [0.15, 0.2) is 18.3 Å². The largest absolute Gasteiger partial charge is 0.459 e. The van der Waals surface area contributed by atoms with Crippen LogP contribution in [0.1, 0.15) is 44.9 Å². The lowest BCUT2D eigenvalue weighted by Crippen LogP contribution is -2.62. The minimum Gasteiger partial charge on any atom is -0.459 e. The van der Waals surface area contributed by atoms with Gasteiger partial charge in [0, 0.05) is 33.3 Å². The standard InChI is InChI=1S/C17H22F3NO4/c1-14(2,3)25-13(22)15(9-16(10-15,23-4)24-5)12-8-11(6-7-21-12)17(18,19)20/h6-8H,9-10H2,1-5H3. The van der Waals surface area contributed by atoms with E-state index in [4.69, 9.17) is 14.2 Å². The average Bonchev–Trinajstić information content (AvgIpc) is 2.45.